The Bertz CT molecular complexity index is 1250. The Labute approximate surface area is 205 Å². The van der Waals surface area contributed by atoms with Crippen molar-refractivity contribution in [3.8, 4) is 5.75 Å². The molecule has 8 heteroatoms. The number of thioether (sulfide) groups is 1. The molecule has 5 nitrogen and oxygen atoms in total. The number of fused-ring (bicyclic) bond motifs is 4. The molecule has 0 saturated carbocycles. The van der Waals surface area contributed by atoms with Gasteiger partial charge in [0.1, 0.15) is 11.3 Å². The third-order valence-electron chi connectivity index (χ3n) is 7.13. The van der Waals surface area contributed by atoms with Crippen LogP contribution in [0.1, 0.15) is 26.7 Å². The number of carbonyl (C=O) groups excluding carboxylic acids is 2. The lowest BCUT2D eigenvalue weighted by molar-refractivity contribution is -0.127. The van der Waals surface area contributed by atoms with Gasteiger partial charge in [0.15, 0.2) is 5.78 Å². The smallest absolute Gasteiger partial charge is 0.250 e. The van der Waals surface area contributed by atoms with Crippen molar-refractivity contribution in [2.45, 2.75) is 17.5 Å². The molecule has 1 amide bonds. The highest BCUT2D eigenvalue weighted by atomic mass is 35.5. The Morgan fingerprint density at radius 1 is 1.21 bits per heavy atom. The number of amides is 1. The molecule has 4 atom stereocenters. The van der Waals surface area contributed by atoms with E-state index in [1.54, 1.807) is 18.9 Å². The maximum absolute atomic E-state index is 14.2. The molecular formula is C25H21ClN2O3S2. The van der Waals surface area contributed by atoms with Gasteiger partial charge < -0.3 is 10.1 Å². The van der Waals surface area contributed by atoms with Gasteiger partial charge in [-0.1, -0.05) is 29.8 Å². The van der Waals surface area contributed by atoms with Crippen molar-refractivity contribution in [2.24, 2.45) is 5.92 Å². The third kappa shape index (κ3) is 2.96. The SMILES string of the molecule is COc1ccc2c(c1)C1(C(=O)N2)C(C(=O)c2cccs2)C(c2ccc(Cl)cc2)C2CSCN21. The average molecular weight is 497 g/mol. The number of carbonyl (C=O) groups is 2. The lowest BCUT2D eigenvalue weighted by Crippen LogP contribution is -2.52. The van der Waals surface area contributed by atoms with Crippen LogP contribution in [-0.2, 0) is 10.3 Å². The van der Waals surface area contributed by atoms with Crippen LogP contribution in [0.5, 0.6) is 5.75 Å². The van der Waals surface area contributed by atoms with Gasteiger partial charge in [-0.2, -0.15) is 0 Å². The zero-order valence-corrected chi connectivity index (χ0v) is 20.2. The summed E-state index contributed by atoms with van der Waals surface area (Å²) in [6, 6.07) is 17.2. The number of hydrogen-bond donors (Lipinski definition) is 1. The zero-order chi connectivity index (χ0) is 22.7. The van der Waals surface area contributed by atoms with E-state index in [1.807, 2.05) is 60.0 Å². The Morgan fingerprint density at radius 2 is 2.03 bits per heavy atom. The van der Waals surface area contributed by atoms with Gasteiger partial charge in [0.25, 0.3) is 0 Å². The molecule has 2 aromatic carbocycles. The number of methoxy groups -OCH3 is 1. The highest BCUT2D eigenvalue weighted by Gasteiger charge is 2.69. The molecule has 2 saturated heterocycles. The highest BCUT2D eigenvalue weighted by molar-refractivity contribution is 7.99. The van der Waals surface area contributed by atoms with Crippen LogP contribution in [0.3, 0.4) is 0 Å². The molecule has 33 heavy (non-hydrogen) atoms. The van der Waals surface area contributed by atoms with Crippen molar-refractivity contribution in [1.29, 1.82) is 0 Å². The number of Topliss-reactive ketones (excluding diaryl/α,β-unsaturated/α-hetero) is 1. The first-order chi connectivity index (χ1) is 16.1. The molecule has 1 N–H and O–H groups in total. The Hall–Kier alpha value is -2.32. The summed E-state index contributed by atoms with van der Waals surface area (Å²) in [6.45, 7) is 0. The zero-order valence-electron chi connectivity index (χ0n) is 17.8. The van der Waals surface area contributed by atoms with E-state index in [1.165, 1.54) is 11.3 Å². The van der Waals surface area contributed by atoms with E-state index >= 15 is 0 Å². The number of nitrogens with zero attached hydrogens (tertiary/aromatic N) is 1. The molecule has 0 bridgehead atoms. The second-order valence-electron chi connectivity index (χ2n) is 8.57. The predicted octanol–water partition coefficient (Wildman–Crippen LogP) is 5.23. The quantitative estimate of drug-likeness (QED) is 0.501. The van der Waals surface area contributed by atoms with Crippen LogP contribution in [0.25, 0.3) is 0 Å². The minimum atomic E-state index is -1.09. The van der Waals surface area contributed by atoms with Crippen molar-refractivity contribution in [3.05, 3.63) is 81.0 Å². The number of anilines is 1. The van der Waals surface area contributed by atoms with Gasteiger partial charge in [-0.25, -0.2) is 0 Å². The van der Waals surface area contributed by atoms with Gasteiger partial charge in [-0.15, -0.1) is 23.1 Å². The van der Waals surface area contributed by atoms with E-state index in [0.717, 1.165) is 22.6 Å². The van der Waals surface area contributed by atoms with Crippen LogP contribution in [-0.4, -0.2) is 41.4 Å². The molecule has 1 aromatic heterocycles. The Kier molecular flexibility index (Phi) is 5.07. The summed E-state index contributed by atoms with van der Waals surface area (Å²) >= 11 is 9.43. The van der Waals surface area contributed by atoms with Gasteiger partial charge in [0.2, 0.25) is 5.91 Å². The van der Waals surface area contributed by atoms with Crippen LogP contribution in [0.4, 0.5) is 5.69 Å². The van der Waals surface area contributed by atoms with Crippen molar-refractivity contribution in [1.82, 2.24) is 4.90 Å². The van der Waals surface area contributed by atoms with E-state index < -0.39 is 11.5 Å². The average Bonchev–Trinajstić information content (AvgIpc) is 3.60. The Morgan fingerprint density at radius 3 is 2.76 bits per heavy atom. The van der Waals surface area contributed by atoms with Crippen LogP contribution < -0.4 is 10.1 Å². The third-order valence-corrected chi connectivity index (χ3v) is 9.30. The van der Waals surface area contributed by atoms with E-state index in [0.29, 0.717) is 21.5 Å². The van der Waals surface area contributed by atoms with Gasteiger partial charge in [-0.3, -0.25) is 14.5 Å². The Balaban J connectivity index is 1.62. The monoisotopic (exact) mass is 496 g/mol. The standard InChI is InChI=1S/C25H21ClN2O3S2/c1-31-16-8-9-18-17(11-16)25(24(30)27-18)22(23(29)20-3-2-10-33-20)21(19-12-32-13-28(19)25)14-4-6-15(26)7-5-14/h2-11,19,21-22H,12-13H2,1H3,(H,27,30). The summed E-state index contributed by atoms with van der Waals surface area (Å²) in [6.07, 6.45) is 0. The topological polar surface area (TPSA) is 58.6 Å². The van der Waals surface area contributed by atoms with E-state index in [2.05, 4.69) is 10.2 Å². The number of benzene rings is 2. The summed E-state index contributed by atoms with van der Waals surface area (Å²) in [5, 5.41) is 5.65. The summed E-state index contributed by atoms with van der Waals surface area (Å²) < 4.78 is 5.52. The van der Waals surface area contributed by atoms with Crippen LogP contribution in [0.15, 0.2) is 60.0 Å². The maximum atomic E-state index is 14.2. The summed E-state index contributed by atoms with van der Waals surface area (Å²) in [5.74, 6) is 1.37. The summed E-state index contributed by atoms with van der Waals surface area (Å²) in [4.78, 5) is 31.1. The first-order valence-corrected chi connectivity index (χ1v) is 13.1. The summed E-state index contributed by atoms with van der Waals surface area (Å²) in [7, 11) is 1.62. The normalized spacial score (nSPS) is 28.1. The first-order valence-electron chi connectivity index (χ1n) is 10.7. The van der Waals surface area contributed by atoms with E-state index in [4.69, 9.17) is 16.3 Å². The van der Waals surface area contributed by atoms with E-state index in [-0.39, 0.29) is 23.7 Å². The van der Waals surface area contributed by atoms with E-state index in [9.17, 15) is 9.59 Å². The second-order valence-corrected chi connectivity index (χ2v) is 10.9. The van der Waals surface area contributed by atoms with Gasteiger partial charge in [0.05, 0.1) is 17.9 Å². The molecule has 3 aliphatic rings. The van der Waals surface area contributed by atoms with Crippen molar-refractivity contribution in [2.75, 3.05) is 24.1 Å². The van der Waals surface area contributed by atoms with Crippen LogP contribution >= 0.6 is 34.7 Å². The second kappa shape index (κ2) is 7.87. The number of ketones is 1. The van der Waals surface area contributed by atoms with Crippen molar-refractivity contribution in [3.63, 3.8) is 0 Å². The lowest BCUT2D eigenvalue weighted by atomic mass is 9.70. The maximum Gasteiger partial charge on any atom is 0.250 e. The number of thiophene rings is 1. The molecule has 2 fully saturated rings. The lowest BCUT2D eigenvalue weighted by Gasteiger charge is -2.36. The predicted molar refractivity (Wildman–Crippen MR) is 133 cm³/mol. The fourth-order valence-electron chi connectivity index (χ4n) is 5.81. The van der Waals surface area contributed by atoms with Crippen molar-refractivity contribution < 1.29 is 14.3 Å². The van der Waals surface area contributed by atoms with Gasteiger partial charge in [0, 0.05) is 39.9 Å². The molecule has 4 unspecified atom stereocenters. The first kappa shape index (κ1) is 21.2. The fourth-order valence-corrected chi connectivity index (χ4v) is 7.97. The summed E-state index contributed by atoms with van der Waals surface area (Å²) in [5.41, 5.74) is 1.51. The van der Waals surface area contributed by atoms with Gasteiger partial charge in [-0.05, 0) is 47.3 Å². The van der Waals surface area contributed by atoms with Gasteiger partial charge >= 0.3 is 0 Å². The van der Waals surface area contributed by atoms with Crippen LogP contribution in [0.2, 0.25) is 5.02 Å². The number of hydrogen-bond acceptors (Lipinski definition) is 6. The molecule has 168 valence electrons. The van der Waals surface area contributed by atoms with Crippen LogP contribution in [0, 0.1) is 5.92 Å². The molecule has 3 aromatic rings. The highest BCUT2D eigenvalue weighted by Crippen LogP contribution is 2.61. The molecule has 0 radical (unpaired) electrons. The molecule has 3 aliphatic heterocycles. The number of halogens is 1. The number of nitrogens with one attached hydrogen (secondary N) is 1. The van der Waals surface area contributed by atoms with Crippen molar-refractivity contribution >= 4 is 52.1 Å². The minimum Gasteiger partial charge on any atom is -0.497 e. The largest absolute Gasteiger partial charge is 0.497 e. The number of ether oxygens (including phenoxy) is 1. The number of rotatable bonds is 4. The fraction of sp³-hybridized carbons (Fsp3) is 0.280. The molecule has 6 rings (SSSR count). The molecule has 0 aliphatic carbocycles. The molecular weight excluding hydrogens is 476 g/mol. The molecule has 1 spiro atoms. The molecule has 4 heterocycles. The minimum absolute atomic E-state index is 0.00942.